The van der Waals surface area contributed by atoms with Gasteiger partial charge in [0.25, 0.3) is 0 Å². The molecule has 0 aromatic carbocycles. The van der Waals surface area contributed by atoms with E-state index in [1.165, 1.54) is 0 Å². The third-order valence-electron chi connectivity index (χ3n) is 3.47. The van der Waals surface area contributed by atoms with Crippen LogP contribution in [0.25, 0.3) is 5.95 Å². The average molecular weight is 290 g/mol. The molecule has 2 aromatic rings. The van der Waals surface area contributed by atoms with Crippen LogP contribution in [0, 0.1) is 0 Å². The molecule has 0 bridgehead atoms. The number of hydrogen-bond donors (Lipinski definition) is 2. The molecule has 0 amide bonds. The van der Waals surface area contributed by atoms with Gasteiger partial charge in [0.15, 0.2) is 0 Å². The first-order chi connectivity index (χ1) is 10.3. The Morgan fingerprint density at radius 3 is 2.90 bits per heavy atom. The zero-order chi connectivity index (χ0) is 14.7. The highest BCUT2D eigenvalue weighted by Gasteiger charge is 2.22. The second-order valence-electron chi connectivity index (χ2n) is 4.82. The molecule has 3 rings (SSSR count). The Kier molecular flexibility index (Phi) is 3.93. The van der Waals surface area contributed by atoms with Gasteiger partial charge in [0.2, 0.25) is 17.8 Å². The molecule has 1 saturated heterocycles. The number of hydrogen-bond acceptors (Lipinski definition) is 8. The lowest BCUT2D eigenvalue weighted by molar-refractivity contribution is 0.0889. The summed E-state index contributed by atoms with van der Waals surface area (Å²) in [6.07, 6.45) is 7.36. The summed E-state index contributed by atoms with van der Waals surface area (Å²) < 4.78 is 7.15. The van der Waals surface area contributed by atoms with Gasteiger partial charge in [-0.25, -0.2) is 10.8 Å². The monoisotopic (exact) mass is 290 g/mol. The van der Waals surface area contributed by atoms with Crippen LogP contribution in [0.15, 0.2) is 18.7 Å². The average Bonchev–Trinajstić information content (AvgIpc) is 3.09. The van der Waals surface area contributed by atoms with E-state index in [1.807, 2.05) is 0 Å². The highest BCUT2D eigenvalue weighted by Crippen LogP contribution is 2.19. The number of nitrogens with zero attached hydrogens (tertiary/aromatic N) is 6. The summed E-state index contributed by atoms with van der Waals surface area (Å²) in [7, 11) is 1.73. The predicted octanol–water partition coefficient (Wildman–Crippen LogP) is -0.0419. The summed E-state index contributed by atoms with van der Waals surface area (Å²) in [5.74, 6) is 6.84. The molecule has 0 aliphatic carbocycles. The molecule has 0 radical (unpaired) electrons. The minimum atomic E-state index is 0.196. The SMILES string of the molecule is COC1CCCN(c2nc(NN)nc(-n3ccnc3)n2)C1. The van der Waals surface area contributed by atoms with Crippen LogP contribution in [0.4, 0.5) is 11.9 Å². The normalized spacial score (nSPS) is 18.8. The molecule has 3 N–H and O–H groups in total. The van der Waals surface area contributed by atoms with Gasteiger partial charge in [0.05, 0.1) is 6.10 Å². The number of aromatic nitrogens is 5. The smallest absolute Gasteiger partial charge is 0.243 e. The second-order valence-corrected chi connectivity index (χ2v) is 4.82. The lowest BCUT2D eigenvalue weighted by atomic mass is 10.1. The number of nitrogens with two attached hydrogens (primary N) is 1. The van der Waals surface area contributed by atoms with Crippen LogP contribution in [0.1, 0.15) is 12.8 Å². The van der Waals surface area contributed by atoms with Gasteiger partial charge in [-0.1, -0.05) is 0 Å². The fraction of sp³-hybridized carbons (Fsp3) is 0.500. The molecule has 1 fully saturated rings. The molecule has 3 heterocycles. The van der Waals surface area contributed by atoms with Crippen molar-refractivity contribution in [3.05, 3.63) is 18.7 Å². The molecule has 21 heavy (non-hydrogen) atoms. The number of imidazole rings is 1. The molecule has 0 saturated carbocycles. The second kappa shape index (κ2) is 6.02. The Morgan fingerprint density at radius 1 is 1.33 bits per heavy atom. The van der Waals surface area contributed by atoms with Gasteiger partial charge in [-0.3, -0.25) is 9.99 Å². The maximum Gasteiger partial charge on any atom is 0.243 e. The number of ether oxygens (including phenoxy) is 1. The molecule has 9 nitrogen and oxygen atoms in total. The number of rotatable bonds is 4. The fourth-order valence-electron chi connectivity index (χ4n) is 2.36. The molecule has 1 aliphatic heterocycles. The van der Waals surface area contributed by atoms with Crippen molar-refractivity contribution >= 4 is 11.9 Å². The van der Waals surface area contributed by atoms with Crippen molar-refractivity contribution in [3.63, 3.8) is 0 Å². The van der Waals surface area contributed by atoms with Crippen molar-refractivity contribution in [2.24, 2.45) is 5.84 Å². The molecule has 1 aliphatic rings. The molecule has 0 spiro atoms. The number of nitrogen functional groups attached to an aromatic ring is 1. The van der Waals surface area contributed by atoms with E-state index in [4.69, 9.17) is 10.6 Å². The van der Waals surface area contributed by atoms with Crippen LogP contribution in [0.3, 0.4) is 0 Å². The highest BCUT2D eigenvalue weighted by atomic mass is 16.5. The van der Waals surface area contributed by atoms with Gasteiger partial charge in [0.1, 0.15) is 6.33 Å². The Bertz CT molecular complexity index is 587. The summed E-state index contributed by atoms with van der Waals surface area (Å²) in [4.78, 5) is 19.1. The first-order valence-corrected chi connectivity index (χ1v) is 6.79. The zero-order valence-corrected chi connectivity index (χ0v) is 11.8. The van der Waals surface area contributed by atoms with Crippen molar-refractivity contribution in [3.8, 4) is 5.95 Å². The van der Waals surface area contributed by atoms with Crippen LogP contribution < -0.4 is 16.2 Å². The van der Waals surface area contributed by atoms with Gasteiger partial charge in [0, 0.05) is 32.6 Å². The Morgan fingerprint density at radius 2 is 2.19 bits per heavy atom. The summed E-state index contributed by atoms with van der Waals surface area (Å²) in [6.45, 7) is 1.64. The molecule has 9 heteroatoms. The number of piperidine rings is 1. The van der Waals surface area contributed by atoms with Crippen molar-refractivity contribution in [2.45, 2.75) is 18.9 Å². The van der Waals surface area contributed by atoms with Crippen molar-refractivity contribution in [1.82, 2.24) is 24.5 Å². The number of hydrazine groups is 1. The van der Waals surface area contributed by atoms with E-state index in [2.05, 4.69) is 30.3 Å². The third kappa shape index (κ3) is 2.93. The maximum absolute atomic E-state index is 5.45. The Labute approximate surface area is 122 Å². The van der Waals surface area contributed by atoms with Crippen molar-refractivity contribution in [1.29, 1.82) is 0 Å². The van der Waals surface area contributed by atoms with E-state index < -0.39 is 0 Å². The minimum Gasteiger partial charge on any atom is -0.380 e. The van der Waals surface area contributed by atoms with Gasteiger partial charge < -0.3 is 9.64 Å². The van der Waals surface area contributed by atoms with Gasteiger partial charge in [-0.2, -0.15) is 15.0 Å². The standard InChI is InChI=1S/C12H18N8O/c1-21-9-3-2-5-19(7-9)11-15-10(18-13)16-12(17-11)20-6-4-14-8-20/h4,6,8-9H,2-3,5,7,13H2,1H3,(H,15,16,17,18). The molecule has 1 unspecified atom stereocenters. The molecular weight excluding hydrogens is 272 g/mol. The van der Waals surface area contributed by atoms with E-state index in [1.54, 1.807) is 30.4 Å². The quantitative estimate of drug-likeness (QED) is 0.596. The first kappa shape index (κ1) is 13.7. The predicted molar refractivity (Wildman–Crippen MR) is 77.0 cm³/mol. The van der Waals surface area contributed by atoms with E-state index >= 15 is 0 Å². The Balaban J connectivity index is 1.92. The number of methoxy groups -OCH3 is 1. The van der Waals surface area contributed by atoms with Gasteiger partial charge in [-0.15, -0.1) is 0 Å². The number of anilines is 2. The lowest BCUT2D eigenvalue weighted by Gasteiger charge is -2.32. The van der Waals surface area contributed by atoms with Crippen molar-refractivity contribution in [2.75, 3.05) is 30.5 Å². The Hall–Kier alpha value is -2.26. The lowest BCUT2D eigenvalue weighted by Crippen LogP contribution is -2.40. The largest absolute Gasteiger partial charge is 0.380 e. The molecular formula is C12H18N8O. The molecule has 112 valence electrons. The summed E-state index contributed by atoms with van der Waals surface area (Å²) in [5.41, 5.74) is 2.48. The first-order valence-electron chi connectivity index (χ1n) is 6.79. The minimum absolute atomic E-state index is 0.196. The van der Waals surface area contributed by atoms with E-state index in [9.17, 15) is 0 Å². The van der Waals surface area contributed by atoms with Crippen LogP contribution >= 0.6 is 0 Å². The van der Waals surface area contributed by atoms with Crippen LogP contribution in [-0.2, 0) is 4.74 Å². The van der Waals surface area contributed by atoms with Crippen LogP contribution in [-0.4, -0.2) is 50.8 Å². The summed E-state index contributed by atoms with van der Waals surface area (Å²) in [5, 5.41) is 0. The maximum atomic E-state index is 5.45. The third-order valence-corrected chi connectivity index (χ3v) is 3.47. The molecule has 1 atom stereocenters. The molecule has 2 aromatic heterocycles. The van der Waals surface area contributed by atoms with Crippen molar-refractivity contribution < 1.29 is 4.74 Å². The zero-order valence-electron chi connectivity index (χ0n) is 11.8. The van der Waals surface area contributed by atoms with Crippen LogP contribution in [0.2, 0.25) is 0 Å². The van der Waals surface area contributed by atoms with Gasteiger partial charge >= 0.3 is 0 Å². The van der Waals surface area contributed by atoms with Crippen LogP contribution in [0.5, 0.6) is 0 Å². The topological polar surface area (TPSA) is 107 Å². The summed E-state index contributed by atoms with van der Waals surface area (Å²) >= 11 is 0. The van der Waals surface area contributed by atoms with E-state index in [0.717, 1.165) is 25.9 Å². The fourth-order valence-corrected chi connectivity index (χ4v) is 2.36. The highest BCUT2D eigenvalue weighted by molar-refractivity contribution is 5.40. The van der Waals surface area contributed by atoms with E-state index in [-0.39, 0.29) is 6.10 Å². The summed E-state index contributed by atoms with van der Waals surface area (Å²) in [6, 6.07) is 0. The number of nitrogens with one attached hydrogen (secondary N) is 1. The van der Waals surface area contributed by atoms with E-state index in [0.29, 0.717) is 17.8 Å². The van der Waals surface area contributed by atoms with Gasteiger partial charge in [-0.05, 0) is 12.8 Å².